The Morgan fingerprint density at radius 2 is 1.76 bits per heavy atom. The average Bonchev–Trinajstić information content (AvgIpc) is 2.24. The first-order chi connectivity index (χ1) is 7.93. The molecule has 10 heteroatoms. The number of carboxylic acid groups (broad SMARTS) is 1. The highest BCUT2D eigenvalue weighted by Gasteiger charge is 2.30. The van der Waals surface area contributed by atoms with Gasteiger partial charge in [0, 0.05) is 31.2 Å². The SMILES string of the molecule is COCC(C)(OC)OC(=O)OOOOC(=O)O. The van der Waals surface area contributed by atoms with E-state index in [4.69, 9.17) is 14.6 Å². The molecule has 10 nitrogen and oxygen atoms in total. The first-order valence-electron chi connectivity index (χ1n) is 4.11. The number of carbonyl (C=O) groups is 2. The Hall–Kier alpha value is -1.62. The van der Waals surface area contributed by atoms with Crippen LogP contribution >= 0.6 is 0 Å². The van der Waals surface area contributed by atoms with Crippen LogP contribution in [0.15, 0.2) is 0 Å². The summed E-state index contributed by atoms with van der Waals surface area (Å²) in [7, 11) is 2.64. The van der Waals surface area contributed by atoms with Crippen molar-refractivity contribution in [1.82, 2.24) is 0 Å². The summed E-state index contributed by atoms with van der Waals surface area (Å²) in [5, 5.41) is 15.0. The van der Waals surface area contributed by atoms with E-state index in [2.05, 4.69) is 24.6 Å². The van der Waals surface area contributed by atoms with Crippen molar-refractivity contribution in [3.8, 4) is 0 Å². The Morgan fingerprint density at radius 1 is 1.18 bits per heavy atom. The lowest BCUT2D eigenvalue weighted by Gasteiger charge is -2.25. The fourth-order valence-electron chi connectivity index (χ4n) is 0.670. The van der Waals surface area contributed by atoms with Gasteiger partial charge in [-0.25, -0.2) is 19.4 Å². The molecule has 1 unspecified atom stereocenters. The fraction of sp³-hybridized carbons (Fsp3) is 0.714. The van der Waals surface area contributed by atoms with E-state index in [-0.39, 0.29) is 6.61 Å². The maximum Gasteiger partial charge on any atom is 0.545 e. The van der Waals surface area contributed by atoms with Crippen LogP contribution in [-0.4, -0.2) is 44.0 Å². The molecule has 17 heavy (non-hydrogen) atoms. The molecule has 0 aromatic carbocycles. The molecule has 1 atom stereocenters. The van der Waals surface area contributed by atoms with Crippen molar-refractivity contribution in [2.75, 3.05) is 20.8 Å². The summed E-state index contributed by atoms with van der Waals surface area (Å²) in [5.74, 6) is -1.39. The lowest BCUT2D eigenvalue weighted by atomic mass is 10.3. The van der Waals surface area contributed by atoms with E-state index >= 15 is 0 Å². The Kier molecular flexibility index (Phi) is 6.89. The molecular formula is C7H12O10. The van der Waals surface area contributed by atoms with Gasteiger partial charge in [-0.05, 0) is 0 Å². The molecule has 0 saturated heterocycles. The average molecular weight is 256 g/mol. The molecule has 0 aromatic heterocycles. The first kappa shape index (κ1) is 15.4. The number of carbonyl (C=O) groups excluding carboxylic acids is 1. The van der Waals surface area contributed by atoms with Gasteiger partial charge in [-0.2, -0.15) is 0 Å². The summed E-state index contributed by atoms with van der Waals surface area (Å²) in [5.41, 5.74) is 0. The van der Waals surface area contributed by atoms with E-state index in [9.17, 15) is 9.59 Å². The molecule has 100 valence electrons. The molecule has 0 spiro atoms. The van der Waals surface area contributed by atoms with Gasteiger partial charge in [-0.15, -0.1) is 0 Å². The van der Waals surface area contributed by atoms with Crippen LogP contribution in [-0.2, 0) is 34.1 Å². The second-order valence-electron chi connectivity index (χ2n) is 2.69. The maximum absolute atomic E-state index is 10.9. The molecule has 0 aliphatic heterocycles. The molecule has 0 saturated carbocycles. The number of hydrogen-bond donors (Lipinski definition) is 1. The van der Waals surface area contributed by atoms with Gasteiger partial charge in [-0.3, -0.25) is 0 Å². The van der Waals surface area contributed by atoms with Gasteiger partial charge in [-0.1, -0.05) is 0 Å². The van der Waals surface area contributed by atoms with Crippen molar-refractivity contribution >= 4 is 12.3 Å². The number of ether oxygens (including phenoxy) is 3. The van der Waals surface area contributed by atoms with E-state index in [1.807, 2.05) is 0 Å². The van der Waals surface area contributed by atoms with Gasteiger partial charge in [0.15, 0.2) is 0 Å². The second-order valence-corrected chi connectivity index (χ2v) is 2.69. The maximum atomic E-state index is 10.9. The molecule has 1 N–H and O–H groups in total. The van der Waals surface area contributed by atoms with Gasteiger partial charge in [0.05, 0.1) is 0 Å². The topological polar surface area (TPSA) is 119 Å². The minimum absolute atomic E-state index is 0.0644. The molecule has 0 fully saturated rings. The predicted octanol–water partition coefficient (Wildman–Crippen LogP) is 0.621. The molecule has 0 heterocycles. The molecule has 0 amide bonds. The van der Waals surface area contributed by atoms with Gasteiger partial charge in [0.1, 0.15) is 6.61 Å². The quantitative estimate of drug-likeness (QED) is 0.228. The van der Waals surface area contributed by atoms with Crippen LogP contribution in [0.4, 0.5) is 9.59 Å². The van der Waals surface area contributed by atoms with E-state index in [1.54, 1.807) is 0 Å². The summed E-state index contributed by atoms with van der Waals surface area (Å²) in [6, 6.07) is 0. The van der Waals surface area contributed by atoms with Crippen LogP contribution < -0.4 is 0 Å². The first-order valence-corrected chi connectivity index (χ1v) is 4.11. The summed E-state index contributed by atoms with van der Waals surface area (Å²) >= 11 is 0. The van der Waals surface area contributed by atoms with Crippen molar-refractivity contribution in [3.05, 3.63) is 0 Å². The van der Waals surface area contributed by atoms with Crippen molar-refractivity contribution in [2.45, 2.75) is 12.7 Å². The zero-order chi connectivity index (χ0) is 13.3. The Labute approximate surface area is 95.6 Å². The Bertz CT molecular complexity index is 253. The zero-order valence-corrected chi connectivity index (χ0v) is 9.33. The van der Waals surface area contributed by atoms with Crippen molar-refractivity contribution in [2.24, 2.45) is 0 Å². The summed E-state index contributed by atoms with van der Waals surface area (Å²) in [4.78, 5) is 27.9. The number of rotatable bonds is 7. The van der Waals surface area contributed by atoms with Crippen molar-refractivity contribution in [3.63, 3.8) is 0 Å². The highest BCUT2D eigenvalue weighted by atomic mass is 17.7. The van der Waals surface area contributed by atoms with Gasteiger partial charge in [0.25, 0.3) is 0 Å². The lowest BCUT2D eigenvalue weighted by Crippen LogP contribution is -2.38. The van der Waals surface area contributed by atoms with Gasteiger partial charge < -0.3 is 19.3 Å². The van der Waals surface area contributed by atoms with E-state index in [1.165, 1.54) is 21.1 Å². The third kappa shape index (κ3) is 7.30. The molecule has 0 aliphatic rings. The van der Waals surface area contributed by atoms with E-state index in [0.717, 1.165) is 0 Å². The van der Waals surface area contributed by atoms with Crippen LogP contribution in [0.1, 0.15) is 6.92 Å². The van der Waals surface area contributed by atoms with Crippen LogP contribution in [0.5, 0.6) is 0 Å². The lowest BCUT2D eigenvalue weighted by molar-refractivity contribution is -0.601. The van der Waals surface area contributed by atoms with Crippen LogP contribution in [0.3, 0.4) is 0 Å². The molecule has 0 bridgehead atoms. The summed E-state index contributed by atoms with van der Waals surface area (Å²) < 4.78 is 14.2. The van der Waals surface area contributed by atoms with Gasteiger partial charge in [0.2, 0.25) is 5.79 Å². The number of methoxy groups -OCH3 is 2. The molecular weight excluding hydrogens is 244 g/mol. The Morgan fingerprint density at radius 3 is 2.24 bits per heavy atom. The molecule has 0 aliphatic carbocycles. The van der Waals surface area contributed by atoms with Crippen LogP contribution in [0.2, 0.25) is 0 Å². The standard InChI is InChI=1S/C7H12O10/c1-7(12-3,4-11-2)13-6(10)15-17-16-14-5(8)9/h4H2,1-3H3,(H,8,9). The van der Waals surface area contributed by atoms with Crippen molar-refractivity contribution < 1.29 is 48.8 Å². The fourth-order valence-corrected chi connectivity index (χ4v) is 0.670. The summed E-state index contributed by atoms with van der Waals surface area (Å²) in [6.07, 6.45) is -3.14. The zero-order valence-electron chi connectivity index (χ0n) is 9.33. The smallest absolute Gasteiger partial charge is 0.448 e. The highest BCUT2D eigenvalue weighted by Crippen LogP contribution is 2.12. The third-order valence-electron chi connectivity index (χ3n) is 1.37. The third-order valence-corrected chi connectivity index (χ3v) is 1.37. The van der Waals surface area contributed by atoms with Crippen LogP contribution in [0, 0.1) is 0 Å². The highest BCUT2D eigenvalue weighted by molar-refractivity contribution is 5.59. The second kappa shape index (κ2) is 7.62. The van der Waals surface area contributed by atoms with Crippen molar-refractivity contribution in [1.29, 1.82) is 0 Å². The largest absolute Gasteiger partial charge is 0.545 e. The summed E-state index contributed by atoms with van der Waals surface area (Å²) in [6.45, 7) is 1.33. The minimum Gasteiger partial charge on any atom is -0.448 e. The molecule has 0 aromatic rings. The molecule has 0 rings (SSSR count). The Balaban J connectivity index is 3.87. The van der Waals surface area contributed by atoms with E-state index < -0.39 is 18.1 Å². The normalized spacial score (nSPS) is 13.6. The van der Waals surface area contributed by atoms with Gasteiger partial charge >= 0.3 is 12.3 Å². The van der Waals surface area contributed by atoms with E-state index in [0.29, 0.717) is 0 Å². The molecule has 0 radical (unpaired) electrons. The van der Waals surface area contributed by atoms with Crippen LogP contribution in [0.25, 0.3) is 0 Å². The monoisotopic (exact) mass is 256 g/mol. The minimum atomic E-state index is -1.79. The predicted molar refractivity (Wildman–Crippen MR) is 46.1 cm³/mol. The number of hydrogen-bond acceptors (Lipinski definition) is 9.